The van der Waals surface area contributed by atoms with E-state index in [-0.39, 0.29) is 23.6 Å². The van der Waals surface area contributed by atoms with Crippen LogP contribution in [0.2, 0.25) is 0 Å². The van der Waals surface area contributed by atoms with Crippen molar-refractivity contribution in [2.24, 2.45) is 5.92 Å². The first-order valence-corrected chi connectivity index (χ1v) is 10.2. The average Bonchev–Trinajstić information content (AvgIpc) is 2.71. The van der Waals surface area contributed by atoms with Crippen LogP contribution in [-0.4, -0.2) is 55.0 Å². The molecule has 0 saturated carbocycles. The van der Waals surface area contributed by atoms with Gasteiger partial charge in [-0.25, -0.2) is 8.78 Å². The SMILES string of the molecule is CC(C)CNC(=O)CN1CCN(C(c2ccc(F)cc2)c2ccc(F)cc2)CC1. The first-order chi connectivity index (χ1) is 13.9. The lowest BCUT2D eigenvalue weighted by molar-refractivity contribution is -0.122. The highest BCUT2D eigenvalue weighted by atomic mass is 19.1. The molecule has 1 N–H and O–H groups in total. The molecule has 29 heavy (non-hydrogen) atoms. The Balaban J connectivity index is 1.67. The van der Waals surface area contributed by atoms with Crippen molar-refractivity contribution in [1.29, 1.82) is 0 Å². The van der Waals surface area contributed by atoms with E-state index < -0.39 is 0 Å². The first-order valence-electron chi connectivity index (χ1n) is 10.2. The van der Waals surface area contributed by atoms with E-state index in [1.807, 2.05) is 0 Å². The van der Waals surface area contributed by atoms with E-state index in [1.54, 1.807) is 24.3 Å². The molecule has 0 aromatic heterocycles. The Kier molecular flexibility index (Phi) is 7.34. The monoisotopic (exact) mass is 401 g/mol. The molecule has 1 amide bonds. The maximum atomic E-state index is 13.4. The van der Waals surface area contributed by atoms with Crippen LogP contribution in [0.15, 0.2) is 48.5 Å². The van der Waals surface area contributed by atoms with Crippen LogP contribution in [-0.2, 0) is 4.79 Å². The van der Waals surface area contributed by atoms with Gasteiger partial charge < -0.3 is 5.32 Å². The quantitative estimate of drug-likeness (QED) is 0.772. The third-order valence-electron chi connectivity index (χ3n) is 5.22. The Labute approximate surface area is 171 Å². The number of rotatable bonds is 7. The number of hydrogen-bond donors (Lipinski definition) is 1. The van der Waals surface area contributed by atoms with Crippen molar-refractivity contribution in [3.8, 4) is 0 Å². The molecule has 6 heteroatoms. The van der Waals surface area contributed by atoms with E-state index in [0.717, 1.165) is 37.3 Å². The zero-order valence-corrected chi connectivity index (χ0v) is 17.1. The van der Waals surface area contributed by atoms with Crippen LogP contribution < -0.4 is 5.32 Å². The van der Waals surface area contributed by atoms with Crippen LogP contribution in [0.1, 0.15) is 31.0 Å². The summed E-state index contributed by atoms with van der Waals surface area (Å²) in [5.74, 6) is -0.0589. The molecule has 2 aromatic carbocycles. The van der Waals surface area contributed by atoms with Gasteiger partial charge in [-0.15, -0.1) is 0 Å². The second-order valence-electron chi connectivity index (χ2n) is 8.02. The van der Waals surface area contributed by atoms with Gasteiger partial charge in [0.25, 0.3) is 0 Å². The second-order valence-corrected chi connectivity index (χ2v) is 8.02. The van der Waals surface area contributed by atoms with Gasteiger partial charge in [-0.2, -0.15) is 0 Å². The Morgan fingerprint density at radius 3 is 1.83 bits per heavy atom. The lowest BCUT2D eigenvalue weighted by atomic mass is 9.96. The van der Waals surface area contributed by atoms with E-state index in [0.29, 0.717) is 19.0 Å². The zero-order chi connectivity index (χ0) is 20.8. The smallest absolute Gasteiger partial charge is 0.234 e. The highest BCUT2D eigenvalue weighted by Crippen LogP contribution is 2.30. The molecule has 1 saturated heterocycles. The molecule has 2 aromatic rings. The third kappa shape index (κ3) is 6.08. The largest absolute Gasteiger partial charge is 0.355 e. The number of benzene rings is 2. The molecule has 0 bridgehead atoms. The van der Waals surface area contributed by atoms with Gasteiger partial charge in [0.05, 0.1) is 12.6 Å². The number of nitrogens with zero attached hydrogens (tertiary/aromatic N) is 2. The number of hydrogen-bond acceptors (Lipinski definition) is 3. The fraction of sp³-hybridized carbons (Fsp3) is 0.435. The van der Waals surface area contributed by atoms with Crippen molar-refractivity contribution in [2.75, 3.05) is 39.3 Å². The van der Waals surface area contributed by atoms with Crippen molar-refractivity contribution in [1.82, 2.24) is 15.1 Å². The highest BCUT2D eigenvalue weighted by molar-refractivity contribution is 5.78. The summed E-state index contributed by atoms with van der Waals surface area (Å²) >= 11 is 0. The van der Waals surface area contributed by atoms with E-state index >= 15 is 0 Å². The van der Waals surface area contributed by atoms with Gasteiger partial charge in [0.1, 0.15) is 11.6 Å². The van der Waals surface area contributed by atoms with Crippen molar-refractivity contribution in [2.45, 2.75) is 19.9 Å². The zero-order valence-electron chi connectivity index (χ0n) is 17.1. The van der Waals surface area contributed by atoms with Gasteiger partial charge >= 0.3 is 0 Å². The van der Waals surface area contributed by atoms with Crippen LogP contribution >= 0.6 is 0 Å². The minimum Gasteiger partial charge on any atom is -0.355 e. The molecule has 1 aliphatic rings. The molecule has 0 atom stereocenters. The van der Waals surface area contributed by atoms with Crippen LogP contribution in [0, 0.1) is 17.6 Å². The van der Waals surface area contributed by atoms with Crippen molar-refractivity contribution < 1.29 is 13.6 Å². The third-order valence-corrected chi connectivity index (χ3v) is 5.22. The fourth-order valence-electron chi connectivity index (χ4n) is 3.66. The van der Waals surface area contributed by atoms with E-state index in [1.165, 1.54) is 24.3 Å². The van der Waals surface area contributed by atoms with E-state index in [2.05, 4.69) is 29.0 Å². The maximum absolute atomic E-state index is 13.4. The molecule has 156 valence electrons. The van der Waals surface area contributed by atoms with Gasteiger partial charge in [0.2, 0.25) is 5.91 Å². The summed E-state index contributed by atoms with van der Waals surface area (Å²) in [6.07, 6.45) is 0. The molecule has 1 aliphatic heterocycles. The molecular formula is C23H29F2N3O. The van der Waals surface area contributed by atoms with Gasteiger partial charge in [0.15, 0.2) is 0 Å². The summed E-state index contributed by atoms with van der Waals surface area (Å²) in [6.45, 7) is 8.33. The molecule has 4 nitrogen and oxygen atoms in total. The topological polar surface area (TPSA) is 35.6 Å². The van der Waals surface area contributed by atoms with Crippen molar-refractivity contribution >= 4 is 5.91 Å². The van der Waals surface area contributed by atoms with Crippen LogP contribution in [0.3, 0.4) is 0 Å². The Morgan fingerprint density at radius 1 is 0.897 bits per heavy atom. The number of carbonyl (C=O) groups is 1. The van der Waals surface area contributed by atoms with Gasteiger partial charge in [-0.3, -0.25) is 14.6 Å². The summed E-state index contributed by atoms with van der Waals surface area (Å²) in [5.41, 5.74) is 1.95. The summed E-state index contributed by atoms with van der Waals surface area (Å²) in [6, 6.07) is 12.9. The lowest BCUT2D eigenvalue weighted by Crippen LogP contribution is -2.50. The molecule has 3 rings (SSSR count). The standard InChI is InChI=1S/C23H29F2N3O/c1-17(2)15-26-22(29)16-27-11-13-28(14-12-27)23(18-3-7-20(24)8-4-18)19-5-9-21(25)10-6-19/h3-10,17,23H,11-16H2,1-2H3,(H,26,29). The van der Waals surface area contributed by atoms with Crippen LogP contribution in [0.4, 0.5) is 8.78 Å². The van der Waals surface area contributed by atoms with E-state index in [4.69, 9.17) is 0 Å². The molecule has 0 spiro atoms. The van der Waals surface area contributed by atoms with Crippen LogP contribution in [0.25, 0.3) is 0 Å². The molecule has 0 unspecified atom stereocenters. The predicted octanol–water partition coefficient (Wildman–Crippen LogP) is 3.44. The Morgan fingerprint density at radius 2 is 1.38 bits per heavy atom. The number of amides is 1. The average molecular weight is 402 g/mol. The summed E-state index contributed by atoms with van der Waals surface area (Å²) < 4.78 is 26.9. The minimum atomic E-state index is -0.274. The first kappa shape index (κ1) is 21.4. The van der Waals surface area contributed by atoms with Gasteiger partial charge in [0, 0.05) is 32.7 Å². The summed E-state index contributed by atoms with van der Waals surface area (Å²) in [5, 5.41) is 2.96. The maximum Gasteiger partial charge on any atom is 0.234 e. The summed E-state index contributed by atoms with van der Waals surface area (Å²) in [4.78, 5) is 16.6. The molecule has 0 radical (unpaired) electrons. The van der Waals surface area contributed by atoms with Crippen molar-refractivity contribution in [3.63, 3.8) is 0 Å². The number of nitrogens with one attached hydrogen (secondary N) is 1. The normalized spacial score (nSPS) is 15.8. The fourth-order valence-corrected chi connectivity index (χ4v) is 3.66. The van der Waals surface area contributed by atoms with Gasteiger partial charge in [-0.05, 0) is 41.3 Å². The Hall–Kier alpha value is -2.31. The minimum absolute atomic E-state index is 0.0563. The van der Waals surface area contributed by atoms with Crippen molar-refractivity contribution in [3.05, 3.63) is 71.3 Å². The Bertz CT molecular complexity index is 739. The van der Waals surface area contributed by atoms with Gasteiger partial charge in [-0.1, -0.05) is 38.1 Å². The second kappa shape index (κ2) is 9.94. The molecule has 1 fully saturated rings. The molecule has 0 aliphatic carbocycles. The number of carbonyl (C=O) groups excluding carboxylic acids is 1. The summed E-state index contributed by atoms with van der Waals surface area (Å²) in [7, 11) is 0. The number of piperazine rings is 1. The van der Waals surface area contributed by atoms with E-state index in [9.17, 15) is 13.6 Å². The highest BCUT2D eigenvalue weighted by Gasteiger charge is 2.27. The van der Waals surface area contributed by atoms with Crippen LogP contribution in [0.5, 0.6) is 0 Å². The lowest BCUT2D eigenvalue weighted by Gasteiger charge is -2.39. The molecular weight excluding hydrogens is 372 g/mol. The molecule has 1 heterocycles. The number of halogens is 2. The predicted molar refractivity (Wildman–Crippen MR) is 111 cm³/mol.